The Bertz CT molecular complexity index is 1110. The van der Waals surface area contributed by atoms with Crippen LogP contribution in [0.4, 0.5) is 5.13 Å². The summed E-state index contributed by atoms with van der Waals surface area (Å²) in [4.78, 5) is 17.0. The minimum Gasteiger partial charge on any atom is -0.451 e. The highest BCUT2D eigenvalue weighted by Gasteiger charge is 2.15. The number of aryl methyl sites for hydroxylation is 2. The fourth-order valence-electron chi connectivity index (χ4n) is 2.81. The number of carbonyl (C=O) groups excluding carboxylic acids is 1. The molecule has 4 rings (SSSR count). The zero-order valence-corrected chi connectivity index (χ0v) is 15.7. The highest BCUT2D eigenvalue weighted by Crippen LogP contribution is 2.30. The monoisotopic (exact) mass is 382 g/mol. The van der Waals surface area contributed by atoms with Crippen molar-refractivity contribution in [2.75, 3.05) is 5.32 Å². The van der Waals surface area contributed by atoms with E-state index in [1.54, 1.807) is 24.3 Å². The molecule has 0 saturated carbocycles. The molecule has 0 fully saturated rings. The molecule has 0 unspecified atom stereocenters. The second-order valence-corrected chi connectivity index (χ2v) is 7.54. The molecular formula is C20H15ClN2O2S. The lowest BCUT2D eigenvalue weighted by molar-refractivity contribution is 0.0997. The van der Waals surface area contributed by atoms with Gasteiger partial charge in [0.15, 0.2) is 10.9 Å². The number of halogens is 1. The SMILES string of the molecule is Cc1cc(C)c2nc(NC(=O)c3ccc(-c4ccc(Cl)cc4)o3)sc2c1. The molecule has 6 heteroatoms. The molecule has 2 aromatic carbocycles. The highest BCUT2D eigenvalue weighted by atomic mass is 35.5. The molecule has 0 atom stereocenters. The van der Waals surface area contributed by atoms with Crippen molar-refractivity contribution in [2.45, 2.75) is 13.8 Å². The summed E-state index contributed by atoms with van der Waals surface area (Å²) < 4.78 is 6.74. The maximum absolute atomic E-state index is 12.5. The Labute approximate surface area is 159 Å². The Kier molecular flexibility index (Phi) is 4.26. The Balaban J connectivity index is 1.57. The highest BCUT2D eigenvalue weighted by molar-refractivity contribution is 7.22. The third-order valence-electron chi connectivity index (χ3n) is 4.01. The number of carbonyl (C=O) groups is 1. The predicted octanol–water partition coefficient (Wildman–Crippen LogP) is 6.08. The standard InChI is InChI=1S/C20H15ClN2O2S/c1-11-9-12(2)18-17(10-11)26-20(22-18)23-19(24)16-8-7-15(25-16)13-3-5-14(21)6-4-13/h3-10H,1-2H3,(H,22,23,24). The number of nitrogens with one attached hydrogen (secondary N) is 1. The number of amides is 1. The van der Waals surface area contributed by atoms with Crippen LogP contribution in [0.15, 0.2) is 52.9 Å². The second kappa shape index (κ2) is 6.59. The fraction of sp³-hybridized carbons (Fsp3) is 0.100. The van der Waals surface area contributed by atoms with Crippen LogP contribution in [0.3, 0.4) is 0 Å². The molecule has 0 saturated heterocycles. The van der Waals surface area contributed by atoms with Gasteiger partial charge in [-0.1, -0.05) is 29.0 Å². The number of rotatable bonds is 3. The van der Waals surface area contributed by atoms with Crippen molar-refractivity contribution in [3.8, 4) is 11.3 Å². The molecule has 0 aliphatic rings. The van der Waals surface area contributed by atoms with Gasteiger partial charge in [-0.05, 0) is 67.4 Å². The van der Waals surface area contributed by atoms with Gasteiger partial charge in [-0.3, -0.25) is 10.1 Å². The van der Waals surface area contributed by atoms with Gasteiger partial charge in [-0.25, -0.2) is 4.98 Å². The number of hydrogen-bond acceptors (Lipinski definition) is 4. The lowest BCUT2D eigenvalue weighted by Crippen LogP contribution is -2.10. The van der Waals surface area contributed by atoms with Crippen LogP contribution in [0.5, 0.6) is 0 Å². The molecule has 0 spiro atoms. The number of fused-ring (bicyclic) bond motifs is 1. The molecule has 4 aromatic rings. The lowest BCUT2D eigenvalue weighted by Gasteiger charge is -1.99. The van der Waals surface area contributed by atoms with E-state index in [-0.39, 0.29) is 11.7 Å². The van der Waals surface area contributed by atoms with Crippen LogP contribution >= 0.6 is 22.9 Å². The number of aromatic nitrogens is 1. The van der Waals surface area contributed by atoms with Crippen LogP contribution in [0.25, 0.3) is 21.5 Å². The van der Waals surface area contributed by atoms with Gasteiger partial charge in [0.05, 0.1) is 10.2 Å². The van der Waals surface area contributed by atoms with E-state index in [0.29, 0.717) is 15.9 Å². The molecule has 130 valence electrons. The Morgan fingerprint density at radius 2 is 1.88 bits per heavy atom. The quantitative estimate of drug-likeness (QED) is 0.467. The molecule has 0 radical (unpaired) electrons. The van der Waals surface area contributed by atoms with Gasteiger partial charge >= 0.3 is 0 Å². The average molecular weight is 383 g/mol. The zero-order valence-electron chi connectivity index (χ0n) is 14.2. The van der Waals surface area contributed by atoms with Gasteiger partial charge in [-0.2, -0.15) is 0 Å². The van der Waals surface area contributed by atoms with Crippen molar-refractivity contribution in [3.63, 3.8) is 0 Å². The summed E-state index contributed by atoms with van der Waals surface area (Å²) in [7, 11) is 0. The fourth-order valence-corrected chi connectivity index (χ4v) is 3.98. The topological polar surface area (TPSA) is 55.1 Å². The van der Waals surface area contributed by atoms with Gasteiger partial charge in [-0.15, -0.1) is 0 Å². The van der Waals surface area contributed by atoms with Gasteiger partial charge < -0.3 is 4.42 Å². The normalized spacial score (nSPS) is 11.0. The molecule has 26 heavy (non-hydrogen) atoms. The summed E-state index contributed by atoms with van der Waals surface area (Å²) in [6, 6.07) is 14.8. The van der Waals surface area contributed by atoms with Crippen molar-refractivity contribution in [1.29, 1.82) is 0 Å². The molecule has 0 aliphatic carbocycles. The number of anilines is 1. The zero-order chi connectivity index (χ0) is 18.3. The van der Waals surface area contributed by atoms with Gasteiger partial charge in [0.2, 0.25) is 0 Å². The minimum absolute atomic E-state index is 0.238. The third kappa shape index (κ3) is 3.23. The Morgan fingerprint density at radius 3 is 2.65 bits per heavy atom. The van der Waals surface area contributed by atoms with Crippen molar-refractivity contribution >= 4 is 44.2 Å². The first-order valence-electron chi connectivity index (χ1n) is 8.04. The molecule has 2 aromatic heterocycles. The molecular weight excluding hydrogens is 368 g/mol. The maximum atomic E-state index is 12.5. The summed E-state index contributed by atoms with van der Waals surface area (Å²) in [6.07, 6.45) is 0. The van der Waals surface area contributed by atoms with E-state index in [4.69, 9.17) is 16.0 Å². The molecule has 1 N–H and O–H groups in total. The van der Waals surface area contributed by atoms with E-state index in [2.05, 4.69) is 22.4 Å². The number of thiazole rings is 1. The second-order valence-electron chi connectivity index (χ2n) is 6.07. The van der Waals surface area contributed by atoms with E-state index in [9.17, 15) is 4.79 Å². The van der Waals surface area contributed by atoms with Crippen LogP contribution in [-0.2, 0) is 0 Å². The van der Waals surface area contributed by atoms with Crippen molar-refractivity contribution in [2.24, 2.45) is 0 Å². The van der Waals surface area contributed by atoms with Gasteiger partial charge in [0.1, 0.15) is 5.76 Å². The molecule has 1 amide bonds. The summed E-state index contributed by atoms with van der Waals surface area (Å²) in [5.41, 5.74) is 4.05. The smallest absolute Gasteiger partial charge is 0.293 e. The number of hydrogen-bond donors (Lipinski definition) is 1. The van der Waals surface area contributed by atoms with Gasteiger partial charge in [0, 0.05) is 10.6 Å². The summed E-state index contributed by atoms with van der Waals surface area (Å²) >= 11 is 7.35. The molecule has 4 nitrogen and oxygen atoms in total. The minimum atomic E-state index is -0.321. The average Bonchev–Trinajstić information content (AvgIpc) is 3.22. The van der Waals surface area contributed by atoms with E-state index in [1.807, 2.05) is 26.0 Å². The third-order valence-corrected chi connectivity index (χ3v) is 5.18. The van der Waals surface area contributed by atoms with Gasteiger partial charge in [0.25, 0.3) is 5.91 Å². The van der Waals surface area contributed by atoms with E-state index in [0.717, 1.165) is 21.3 Å². The molecule has 2 heterocycles. The van der Waals surface area contributed by atoms with Crippen molar-refractivity contribution in [1.82, 2.24) is 4.98 Å². The van der Waals surface area contributed by atoms with Crippen molar-refractivity contribution < 1.29 is 9.21 Å². The largest absolute Gasteiger partial charge is 0.451 e. The predicted molar refractivity (Wildman–Crippen MR) is 106 cm³/mol. The van der Waals surface area contributed by atoms with E-state index in [1.165, 1.54) is 16.9 Å². The first kappa shape index (κ1) is 16.8. The lowest BCUT2D eigenvalue weighted by atomic mass is 10.1. The summed E-state index contributed by atoms with van der Waals surface area (Å²) in [5, 5.41) is 4.03. The number of nitrogens with zero attached hydrogens (tertiary/aromatic N) is 1. The summed E-state index contributed by atoms with van der Waals surface area (Å²) in [6.45, 7) is 4.07. The maximum Gasteiger partial charge on any atom is 0.293 e. The van der Waals surface area contributed by atoms with Crippen LogP contribution in [0.1, 0.15) is 21.7 Å². The molecule has 0 aliphatic heterocycles. The Morgan fingerprint density at radius 1 is 1.12 bits per heavy atom. The number of benzene rings is 2. The van der Waals surface area contributed by atoms with Crippen LogP contribution in [0.2, 0.25) is 5.02 Å². The first-order valence-corrected chi connectivity index (χ1v) is 9.24. The molecule has 0 bridgehead atoms. The number of furan rings is 1. The van der Waals surface area contributed by atoms with E-state index >= 15 is 0 Å². The van der Waals surface area contributed by atoms with Crippen LogP contribution < -0.4 is 5.32 Å². The first-order chi connectivity index (χ1) is 12.5. The summed E-state index contributed by atoms with van der Waals surface area (Å²) in [5.74, 6) is 0.531. The van der Waals surface area contributed by atoms with Crippen molar-refractivity contribution in [3.05, 3.63) is 70.4 Å². The van der Waals surface area contributed by atoms with E-state index < -0.39 is 0 Å². The Hall–Kier alpha value is -2.63. The van der Waals surface area contributed by atoms with Crippen LogP contribution in [-0.4, -0.2) is 10.9 Å². The van der Waals surface area contributed by atoms with Crippen LogP contribution in [0, 0.1) is 13.8 Å².